The molecule has 1 aromatic carbocycles. The maximum Gasteiger partial charge on any atom is 0.0651 e. The molecule has 0 fully saturated rings. The Bertz CT molecular complexity index is 505. The zero-order chi connectivity index (χ0) is 13.1. The fourth-order valence-electron chi connectivity index (χ4n) is 2.05. The van der Waals surface area contributed by atoms with Crippen molar-refractivity contribution in [3.8, 4) is 0 Å². The van der Waals surface area contributed by atoms with Gasteiger partial charge in [-0.15, -0.1) is 11.6 Å². The van der Waals surface area contributed by atoms with Gasteiger partial charge in [-0.2, -0.15) is 0 Å². The normalized spacial score (nSPS) is 14.2. The minimum Gasteiger partial charge on any atom is -0.265 e. The number of nitrogens with zero attached hydrogens (tertiary/aromatic N) is 1. The maximum absolute atomic E-state index is 6.56. The van der Waals surface area contributed by atoms with E-state index in [2.05, 4.69) is 18.0 Å². The average Bonchev–Trinajstić information content (AvgIpc) is 2.37. The number of pyridine rings is 1. The van der Waals surface area contributed by atoms with Gasteiger partial charge in [-0.05, 0) is 47.9 Å². The van der Waals surface area contributed by atoms with Crippen LogP contribution in [0, 0.1) is 6.92 Å². The summed E-state index contributed by atoms with van der Waals surface area (Å²) in [5.41, 5.74) is 3.37. The van der Waals surface area contributed by atoms with E-state index in [1.807, 2.05) is 31.2 Å². The van der Waals surface area contributed by atoms with E-state index in [4.69, 9.17) is 23.2 Å². The number of alkyl halides is 1. The average molecular weight is 280 g/mol. The van der Waals surface area contributed by atoms with E-state index < -0.39 is 0 Å². The molecular formula is C15H15Cl2N. The molecule has 0 bridgehead atoms. The summed E-state index contributed by atoms with van der Waals surface area (Å²) in [6, 6.07) is 9.95. The zero-order valence-electron chi connectivity index (χ0n) is 10.4. The van der Waals surface area contributed by atoms with Gasteiger partial charge in [-0.1, -0.05) is 24.6 Å². The molecule has 1 aromatic heterocycles. The van der Waals surface area contributed by atoms with Gasteiger partial charge < -0.3 is 0 Å². The van der Waals surface area contributed by atoms with Crippen molar-refractivity contribution >= 4 is 23.2 Å². The Morgan fingerprint density at radius 2 is 1.72 bits per heavy atom. The SMILES string of the molecule is Cc1cc(Cl)cc(C(Cl)C(C)c2ccncc2)c1. The van der Waals surface area contributed by atoms with E-state index >= 15 is 0 Å². The molecule has 2 unspecified atom stereocenters. The van der Waals surface area contributed by atoms with Crippen LogP contribution in [0.25, 0.3) is 0 Å². The molecule has 18 heavy (non-hydrogen) atoms. The van der Waals surface area contributed by atoms with Crippen LogP contribution in [0.4, 0.5) is 0 Å². The molecule has 0 saturated carbocycles. The van der Waals surface area contributed by atoms with Gasteiger partial charge in [-0.3, -0.25) is 4.98 Å². The third-order valence-electron chi connectivity index (χ3n) is 3.05. The lowest BCUT2D eigenvalue weighted by atomic mass is 9.93. The molecular weight excluding hydrogens is 265 g/mol. The van der Waals surface area contributed by atoms with Gasteiger partial charge in [0.05, 0.1) is 5.38 Å². The summed E-state index contributed by atoms with van der Waals surface area (Å²) in [5, 5.41) is 0.641. The highest BCUT2D eigenvalue weighted by molar-refractivity contribution is 6.31. The number of aromatic nitrogens is 1. The Morgan fingerprint density at radius 1 is 1.06 bits per heavy atom. The maximum atomic E-state index is 6.56. The second-order valence-corrected chi connectivity index (χ2v) is 5.44. The van der Waals surface area contributed by atoms with Crippen molar-refractivity contribution in [3.05, 3.63) is 64.4 Å². The van der Waals surface area contributed by atoms with E-state index in [1.165, 1.54) is 5.56 Å². The highest BCUT2D eigenvalue weighted by Gasteiger charge is 2.18. The summed E-state index contributed by atoms with van der Waals surface area (Å²) >= 11 is 12.6. The van der Waals surface area contributed by atoms with Gasteiger partial charge in [0.25, 0.3) is 0 Å². The first-order chi connectivity index (χ1) is 8.58. The Balaban J connectivity index is 2.28. The van der Waals surface area contributed by atoms with Gasteiger partial charge >= 0.3 is 0 Å². The molecule has 1 heterocycles. The molecule has 2 rings (SSSR count). The second kappa shape index (κ2) is 5.73. The molecule has 0 N–H and O–H groups in total. The van der Waals surface area contributed by atoms with Crippen molar-refractivity contribution in [2.45, 2.75) is 25.1 Å². The first kappa shape index (κ1) is 13.4. The van der Waals surface area contributed by atoms with Crippen LogP contribution in [0.2, 0.25) is 5.02 Å². The molecule has 0 aliphatic rings. The first-order valence-corrected chi connectivity index (χ1v) is 6.70. The van der Waals surface area contributed by atoms with E-state index in [1.54, 1.807) is 12.4 Å². The van der Waals surface area contributed by atoms with Gasteiger partial charge in [0.2, 0.25) is 0 Å². The summed E-state index contributed by atoms with van der Waals surface area (Å²) in [4.78, 5) is 4.02. The van der Waals surface area contributed by atoms with E-state index in [0.717, 1.165) is 16.1 Å². The zero-order valence-corrected chi connectivity index (χ0v) is 11.9. The molecule has 0 amide bonds. The predicted molar refractivity (Wildman–Crippen MR) is 77.4 cm³/mol. The number of halogens is 2. The van der Waals surface area contributed by atoms with Crippen LogP contribution in [-0.2, 0) is 0 Å². The topological polar surface area (TPSA) is 12.9 Å². The molecule has 0 spiro atoms. The lowest BCUT2D eigenvalue weighted by Crippen LogP contribution is -2.03. The fraction of sp³-hybridized carbons (Fsp3) is 0.267. The smallest absolute Gasteiger partial charge is 0.0651 e. The summed E-state index contributed by atoms with van der Waals surface area (Å²) < 4.78 is 0. The second-order valence-electron chi connectivity index (χ2n) is 4.53. The summed E-state index contributed by atoms with van der Waals surface area (Å²) in [6.07, 6.45) is 3.58. The Kier molecular flexibility index (Phi) is 4.26. The van der Waals surface area contributed by atoms with Crippen LogP contribution in [-0.4, -0.2) is 4.98 Å². The van der Waals surface area contributed by atoms with Crippen LogP contribution < -0.4 is 0 Å². The van der Waals surface area contributed by atoms with Gasteiger partial charge in [0.1, 0.15) is 0 Å². The lowest BCUT2D eigenvalue weighted by Gasteiger charge is -2.19. The quantitative estimate of drug-likeness (QED) is 0.710. The molecule has 0 radical (unpaired) electrons. The summed E-state index contributed by atoms with van der Waals surface area (Å²) in [7, 11) is 0. The van der Waals surface area contributed by atoms with Crippen molar-refractivity contribution in [2.24, 2.45) is 0 Å². The van der Waals surface area contributed by atoms with Crippen molar-refractivity contribution < 1.29 is 0 Å². The summed E-state index contributed by atoms with van der Waals surface area (Å²) in [5.74, 6) is 0.215. The van der Waals surface area contributed by atoms with Gasteiger partial charge in [0, 0.05) is 23.3 Å². The molecule has 0 aliphatic carbocycles. The first-order valence-electron chi connectivity index (χ1n) is 5.89. The number of hydrogen-bond acceptors (Lipinski definition) is 1. The van der Waals surface area contributed by atoms with Crippen LogP contribution in [0.15, 0.2) is 42.7 Å². The van der Waals surface area contributed by atoms with Crippen molar-refractivity contribution in [1.82, 2.24) is 4.98 Å². The summed E-state index contributed by atoms with van der Waals surface area (Å²) in [6.45, 7) is 4.14. The van der Waals surface area contributed by atoms with Crippen molar-refractivity contribution in [3.63, 3.8) is 0 Å². The number of rotatable bonds is 3. The minimum absolute atomic E-state index is 0.0928. The van der Waals surface area contributed by atoms with E-state index in [-0.39, 0.29) is 11.3 Å². The van der Waals surface area contributed by atoms with E-state index in [0.29, 0.717) is 0 Å². The van der Waals surface area contributed by atoms with Gasteiger partial charge in [-0.25, -0.2) is 0 Å². The van der Waals surface area contributed by atoms with Crippen LogP contribution in [0.1, 0.15) is 34.9 Å². The molecule has 2 atom stereocenters. The van der Waals surface area contributed by atoms with E-state index in [9.17, 15) is 0 Å². The third kappa shape index (κ3) is 3.04. The number of aryl methyl sites for hydroxylation is 1. The van der Waals surface area contributed by atoms with Crippen LogP contribution in [0.3, 0.4) is 0 Å². The molecule has 3 heteroatoms. The predicted octanol–water partition coefficient (Wildman–Crippen LogP) is 5.13. The lowest BCUT2D eigenvalue weighted by molar-refractivity contribution is 0.730. The highest BCUT2D eigenvalue weighted by Crippen LogP contribution is 2.37. The van der Waals surface area contributed by atoms with Gasteiger partial charge in [0.15, 0.2) is 0 Å². The molecule has 0 saturated heterocycles. The fourth-order valence-corrected chi connectivity index (χ4v) is 2.62. The molecule has 1 nitrogen and oxygen atoms in total. The Hall–Kier alpha value is -1.05. The highest BCUT2D eigenvalue weighted by atomic mass is 35.5. The number of hydrogen-bond donors (Lipinski definition) is 0. The third-order valence-corrected chi connectivity index (χ3v) is 3.90. The Morgan fingerprint density at radius 3 is 2.33 bits per heavy atom. The van der Waals surface area contributed by atoms with Crippen molar-refractivity contribution in [1.29, 1.82) is 0 Å². The van der Waals surface area contributed by atoms with Crippen molar-refractivity contribution in [2.75, 3.05) is 0 Å². The van der Waals surface area contributed by atoms with Crippen LogP contribution in [0.5, 0.6) is 0 Å². The molecule has 0 aliphatic heterocycles. The number of benzene rings is 1. The largest absolute Gasteiger partial charge is 0.265 e. The Labute approximate surface area is 118 Å². The molecule has 2 aromatic rings. The monoisotopic (exact) mass is 279 g/mol. The minimum atomic E-state index is -0.0928. The van der Waals surface area contributed by atoms with Crippen LogP contribution >= 0.6 is 23.2 Å². The standard InChI is InChI=1S/C15H15Cl2N/c1-10-7-13(9-14(16)8-10)15(17)11(2)12-3-5-18-6-4-12/h3-9,11,15H,1-2H3. The molecule has 94 valence electrons.